The van der Waals surface area contributed by atoms with Crippen LogP contribution in [-0.2, 0) is 0 Å². The first-order chi connectivity index (χ1) is 7.66. The van der Waals surface area contributed by atoms with Gasteiger partial charge in [-0.15, -0.1) is 0 Å². The number of fused-ring (bicyclic) bond motifs is 2. The van der Waals surface area contributed by atoms with Crippen LogP contribution >= 0.6 is 0 Å². The molecule has 0 radical (unpaired) electrons. The maximum atomic E-state index is 5.90. The average molecular weight is 220 g/mol. The van der Waals surface area contributed by atoms with Crippen molar-refractivity contribution >= 4 is 5.82 Å². The first-order valence-corrected chi connectivity index (χ1v) is 6.41. The van der Waals surface area contributed by atoms with Gasteiger partial charge in [0.25, 0.3) is 0 Å². The number of hydrogen-bond acceptors (Lipinski definition) is 3. The van der Waals surface area contributed by atoms with Gasteiger partial charge in [0.15, 0.2) is 5.82 Å². The maximum absolute atomic E-state index is 5.90. The predicted molar refractivity (Wildman–Crippen MR) is 63.2 cm³/mol. The van der Waals surface area contributed by atoms with Crippen molar-refractivity contribution in [2.45, 2.75) is 51.4 Å². The van der Waals surface area contributed by atoms with Crippen molar-refractivity contribution < 1.29 is 4.52 Å². The molecule has 88 valence electrons. The third-order valence-electron chi connectivity index (χ3n) is 4.44. The molecule has 1 aromatic rings. The molecule has 3 unspecified atom stereocenters. The number of anilines is 1. The zero-order valence-corrected chi connectivity index (χ0v) is 10.1. The quantitative estimate of drug-likeness (QED) is 0.832. The van der Waals surface area contributed by atoms with Gasteiger partial charge < -0.3 is 10.3 Å². The van der Waals surface area contributed by atoms with Crippen molar-refractivity contribution in [1.29, 1.82) is 0 Å². The van der Waals surface area contributed by atoms with E-state index in [1.54, 1.807) is 0 Å². The van der Waals surface area contributed by atoms with E-state index in [-0.39, 0.29) is 0 Å². The fourth-order valence-corrected chi connectivity index (χ4v) is 3.74. The summed E-state index contributed by atoms with van der Waals surface area (Å²) >= 11 is 0. The Hall–Kier alpha value is -0.990. The molecular formula is C13H20N2O. The number of rotatable bonds is 2. The monoisotopic (exact) mass is 220 g/mol. The molecule has 16 heavy (non-hydrogen) atoms. The van der Waals surface area contributed by atoms with Gasteiger partial charge in [0.1, 0.15) is 5.76 Å². The number of nitrogen functional groups attached to an aromatic ring is 1. The number of hydrogen-bond donors (Lipinski definition) is 1. The molecule has 3 heteroatoms. The third-order valence-corrected chi connectivity index (χ3v) is 4.44. The van der Waals surface area contributed by atoms with Crippen LogP contribution in [0, 0.1) is 11.8 Å². The molecule has 3 nitrogen and oxygen atoms in total. The molecule has 2 fully saturated rings. The summed E-state index contributed by atoms with van der Waals surface area (Å²) in [4.78, 5) is 0. The minimum Gasteiger partial charge on any atom is -0.381 e. The number of aromatic nitrogens is 1. The summed E-state index contributed by atoms with van der Waals surface area (Å²) < 4.78 is 5.52. The largest absolute Gasteiger partial charge is 0.381 e. The molecule has 1 aromatic heterocycles. The highest BCUT2D eigenvalue weighted by Gasteiger charge is 2.43. The molecule has 3 atom stereocenters. The van der Waals surface area contributed by atoms with Gasteiger partial charge in [-0.2, -0.15) is 0 Å². The molecule has 0 amide bonds. The van der Waals surface area contributed by atoms with Crippen LogP contribution in [-0.4, -0.2) is 5.16 Å². The van der Waals surface area contributed by atoms with E-state index in [0.29, 0.717) is 17.7 Å². The standard InChI is InChI=1S/C13H20N2O/c1-7(2)11-12(16-15-13(11)14)10-6-8-3-4-9(10)5-8/h7-10H,3-6H2,1-2H3,(H2,14,15). The lowest BCUT2D eigenvalue weighted by molar-refractivity contribution is 0.308. The van der Waals surface area contributed by atoms with Crippen molar-refractivity contribution in [3.05, 3.63) is 11.3 Å². The van der Waals surface area contributed by atoms with E-state index in [9.17, 15) is 0 Å². The zero-order chi connectivity index (χ0) is 11.3. The highest BCUT2D eigenvalue weighted by Crippen LogP contribution is 2.54. The lowest BCUT2D eigenvalue weighted by atomic mass is 9.84. The van der Waals surface area contributed by atoms with Gasteiger partial charge >= 0.3 is 0 Å². The molecule has 2 bridgehead atoms. The van der Waals surface area contributed by atoms with Gasteiger partial charge in [-0.25, -0.2) is 0 Å². The third kappa shape index (κ3) is 1.37. The Morgan fingerprint density at radius 2 is 2.12 bits per heavy atom. The Morgan fingerprint density at radius 3 is 2.69 bits per heavy atom. The Bertz CT molecular complexity index is 397. The first kappa shape index (κ1) is 10.2. The summed E-state index contributed by atoms with van der Waals surface area (Å²) in [5.74, 6) is 4.48. The maximum Gasteiger partial charge on any atom is 0.170 e. The van der Waals surface area contributed by atoms with Crippen LogP contribution in [0.5, 0.6) is 0 Å². The lowest BCUT2D eigenvalue weighted by Gasteiger charge is -2.20. The average Bonchev–Trinajstić information content (AvgIpc) is 2.89. The lowest BCUT2D eigenvalue weighted by Crippen LogP contribution is -2.10. The Morgan fingerprint density at radius 1 is 1.31 bits per heavy atom. The predicted octanol–water partition coefficient (Wildman–Crippen LogP) is 3.28. The highest BCUT2D eigenvalue weighted by atomic mass is 16.5. The van der Waals surface area contributed by atoms with Crippen molar-refractivity contribution in [2.24, 2.45) is 11.8 Å². The summed E-state index contributed by atoms with van der Waals surface area (Å²) in [6.07, 6.45) is 5.47. The van der Waals surface area contributed by atoms with Crippen molar-refractivity contribution in [2.75, 3.05) is 5.73 Å². The summed E-state index contributed by atoms with van der Waals surface area (Å²) in [6.45, 7) is 4.33. The number of nitrogens with zero attached hydrogens (tertiary/aromatic N) is 1. The minimum absolute atomic E-state index is 0.417. The molecule has 0 aliphatic heterocycles. The second kappa shape index (κ2) is 3.51. The van der Waals surface area contributed by atoms with E-state index in [1.165, 1.54) is 25.7 Å². The molecule has 2 aliphatic carbocycles. The highest BCUT2D eigenvalue weighted by molar-refractivity contribution is 5.44. The van der Waals surface area contributed by atoms with Crippen LogP contribution in [0.1, 0.15) is 62.7 Å². The summed E-state index contributed by atoms with van der Waals surface area (Å²) in [7, 11) is 0. The van der Waals surface area contributed by atoms with Gasteiger partial charge in [0.2, 0.25) is 0 Å². The van der Waals surface area contributed by atoms with Gasteiger partial charge in [-0.3, -0.25) is 0 Å². The van der Waals surface area contributed by atoms with Crippen LogP contribution in [0.3, 0.4) is 0 Å². The smallest absolute Gasteiger partial charge is 0.170 e. The molecule has 3 rings (SSSR count). The second-order valence-corrected chi connectivity index (χ2v) is 5.78. The van der Waals surface area contributed by atoms with Gasteiger partial charge in [0, 0.05) is 11.5 Å². The van der Waals surface area contributed by atoms with E-state index in [0.717, 1.165) is 23.2 Å². The van der Waals surface area contributed by atoms with Crippen LogP contribution in [0.2, 0.25) is 0 Å². The van der Waals surface area contributed by atoms with Crippen LogP contribution < -0.4 is 5.73 Å². The van der Waals surface area contributed by atoms with Crippen LogP contribution in [0.25, 0.3) is 0 Å². The first-order valence-electron chi connectivity index (χ1n) is 6.41. The van der Waals surface area contributed by atoms with Gasteiger partial charge in [-0.05, 0) is 37.0 Å². The molecule has 2 aliphatic rings. The zero-order valence-electron chi connectivity index (χ0n) is 10.1. The second-order valence-electron chi connectivity index (χ2n) is 5.78. The fourth-order valence-electron chi connectivity index (χ4n) is 3.74. The molecule has 0 saturated heterocycles. The summed E-state index contributed by atoms with van der Waals surface area (Å²) in [5.41, 5.74) is 7.07. The Kier molecular flexibility index (Phi) is 2.23. The Labute approximate surface area is 96.4 Å². The van der Waals surface area contributed by atoms with Crippen molar-refractivity contribution in [3.63, 3.8) is 0 Å². The van der Waals surface area contributed by atoms with Gasteiger partial charge in [0.05, 0.1) is 0 Å². The molecular weight excluding hydrogens is 200 g/mol. The van der Waals surface area contributed by atoms with E-state index >= 15 is 0 Å². The SMILES string of the molecule is CC(C)c1c(N)noc1C1CC2CCC1C2. The fraction of sp³-hybridized carbons (Fsp3) is 0.769. The molecule has 0 aromatic carbocycles. The molecule has 2 N–H and O–H groups in total. The van der Waals surface area contributed by atoms with Gasteiger partial charge in [-0.1, -0.05) is 25.4 Å². The van der Waals surface area contributed by atoms with Crippen LogP contribution in [0.4, 0.5) is 5.82 Å². The topological polar surface area (TPSA) is 52.0 Å². The minimum atomic E-state index is 0.417. The van der Waals surface area contributed by atoms with E-state index in [1.807, 2.05) is 0 Å². The van der Waals surface area contributed by atoms with E-state index in [2.05, 4.69) is 19.0 Å². The van der Waals surface area contributed by atoms with Crippen molar-refractivity contribution in [1.82, 2.24) is 5.16 Å². The van der Waals surface area contributed by atoms with Crippen molar-refractivity contribution in [3.8, 4) is 0 Å². The number of nitrogens with two attached hydrogens (primary N) is 1. The summed E-state index contributed by atoms with van der Waals surface area (Å²) in [5, 5.41) is 3.97. The van der Waals surface area contributed by atoms with Crippen LogP contribution in [0.15, 0.2) is 4.52 Å². The molecule has 0 spiro atoms. The molecule has 2 saturated carbocycles. The Balaban J connectivity index is 1.95. The summed E-state index contributed by atoms with van der Waals surface area (Å²) in [6, 6.07) is 0. The van der Waals surface area contributed by atoms with E-state index in [4.69, 9.17) is 10.3 Å². The normalized spacial score (nSPS) is 32.8. The molecule has 1 heterocycles. The van der Waals surface area contributed by atoms with E-state index < -0.39 is 0 Å².